The van der Waals surface area contributed by atoms with Crippen LogP contribution in [0.4, 0.5) is 0 Å². The van der Waals surface area contributed by atoms with E-state index in [4.69, 9.17) is 16.3 Å². The highest BCUT2D eigenvalue weighted by molar-refractivity contribution is 6.31. The Labute approximate surface area is 141 Å². The molecule has 0 saturated carbocycles. The zero-order chi connectivity index (χ0) is 16.8. The van der Waals surface area contributed by atoms with Crippen LogP contribution in [0.25, 0.3) is 5.69 Å². The molecule has 2 rings (SSSR count). The van der Waals surface area contributed by atoms with Crippen molar-refractivity contribution in [3.8, 4) is 5.69 Å². The summed E-state index contributed by atoms with van der Waals surface area (Å²) in [6.45, 7) is 7.71. The molecule has 0 atom stereocenters. The number of aromatic nitrogens is 2. The molecule has 5 nitrogen and oxygen atoms in total. The van der Waals surface area contributed by atoms with Crippen LogP contribution >= 0.6 is 11.6 Å². The molecule has 1 N–H and O–H groups in total. The lowest BCUT2D eigenvalue weighted by Crippen LogP contribution is -2.25. The van der Waals surface area contributed by atoms with Gasteiger partial charge >= 0.3 is 0 Å². The van der Waals surface area contributed by atoms with E-state index in [1.807, 2.05) is 32.9 Å². The molecule has 1 aromatic carbocycles. The fraction of sp³-hybridized carbons (Fsp3) is 0.412. The second kappa shape index (κ2) is 8.13. The molecule has 2 aromatic rings. The molecule has 124 valence electrons. The molecule has 0 aliphatic carbocycles. The summed E-state index contributed by atoms with van der Waals surface area (Å²) >= 11 is 6.17. The van der Waals surface area contributed by atoms with Gasteiger partial charge in [0.15, 0.2) is 0 Å². The molecule has 1 heterocycles. The second-order valence-corrected chi connectivity index (χ2v) is 5.63. The van der Waals surface area contributed by atoms with Crippen LogP contribution in [0.15, 0.2) is 24.3 Å². The largest absolute Gasteiger partial charge is 0.382 e. The summed E-state index contributed by atoms with van der Waals surface area (Å²) in [5, 5.41) is 7.95. The van der Waals surface area contributed by atoms with Crippen LogP contribution in [-0.2, 0) is 4.74 Å². The maximum absolute atomic E-state index is 12.1. The molecule has 6 heteroatoms. The van der Waals surface area contributed by atoms with Crippen molar-refractivity contribution in [2.75, 3.05) is 19.8 Å². The van der Waals surface area contributed by atoms with Crippen molar-refractivity contribution in [3.05, 3.63) is 46.2 Å². The number of carbonyl (C=O) groups excluding carboxylic acids is 1. The van der Waals surface area contributed by atoms with Crippen molar-refractivity contribution in [2.24, 2.45) is 0 Å². The Morgan fingerprint density at radius 1 is 1.30 bits per heavy atom. The zero-order valence-electron chi connectivity index (χ0n) is 13.7. The highest BCUT2D eigenvalue weighted by Crippen LogP contribution is 2.22. The Balaban J connectivity index is 1.99. The number of nitrogens with one attached hydrogen (secondary N) is 1. The summed E-state index contributed by atoms with van der Waals surface area (Å²) in [6, 6.07) is 7.31. The van der Waals surface area contributed by atoms with Crippen molar-refractivity contribution in [1.82, 2.24) is 15.1 Å². The highest BCUT2D eigenvalue weighted by Gasteiger charge is 2.11. The van der Waals surface area contributed by atoms with Gasteiger partial charge in [-0.1, -0.05) is 11.6 Å². The van der Waals surface area contributed by atoms with Crippen LogP contribution in [0.3, 0.4) is 0 Å². The Morgan fingerprint density at radius 3 is 2.57 bits per heavy atom. The predicted molar refractivity (Wildman–Crippen MR) is 91.5 cm³/mol. The first-order chi connectivity index (χ1) is 11.0. The SMILES string of the molecule is CCOCCCNC(=O)c1ccc(-n2nc(C)c(Cl)c2C)cc1. The second-order valence-electron chi connectivity index (χ2n) is 5.25. The van der Waals surface area contributed by atoms with E-state index in [1.54, 1.807) is 16.8 Å². The standard InChI is InChI=1S/C17H22ClN3O2/c1-4-23-11-5-10-19-17(22)14-6-8-15(9-7-14)21-13(3)16(18)12(2)20-21/h6-9H,4-5,10-11H2,1-3H3,(H,19,22). The van der Waals surface area contributed by atoms with Crippen molar-refractivity contribution in [3.63, 3.8) is 0 Å². The molecule has 1 aromatic heterocycles. The lowest BCUT2D eigenvalue weighted by Gasteiger charge is -2.07. The molecule has 0 fully saturated rings. The predicted octanol–water partition coefficient (Wildman–Crippen LogP) is 3.30. The van der Waals surface area contributed by atoms with Crippen LogP contribution in [0, 0.1) is 13.8 Å². The van der Waals surface area contributed by atoms with Gasteiger partial charge in [-0.15, -0.1) is 0 Å². The minimum absolute atomic E-state index is 0.0838. The van der Waals surface area contributed by atoms with E-state index in [-0.39, 0.29) is 5.91 Å². The third-order valence-corrected chi connectivity index (χ3v) is 4.08. The lowest BCUT2D eigenvalue weighted by molar-refractivity contribution is 0.0944. The molecule has 0 aliphatic heterocycles. The van der Waals surface area contributed by atoms with Crippen LogP contribution in [0.5, 0.6) is 0 Å². The molecule has 23 heavy (non-hydrogen) atoms. The van der Waals surface area contributed by atoms with Gasteiger partial charge in [0.05, 0.1) is 22.1 Å². The molecule has 0 unspecified atom stereocenters. The number of ether oxygens (including phenoxy) is 1. The first kappa shape index (κ1) is 17.5. The number of hydrogen-bond donors (Lipinski definition) is 1. The molecule has 0 radical (unpaired) electrons. The molecule has 0 spiro atoms. The van der Waals surface area contributed by atoms with E-state index in [0.717, 1.165) is 23.5 Å². The molecular formula is C17H22ClN3O2. The van der Waals surface area contributed by atoms with Gasteiger partial charge in [0, 0.05) is 25.3 Å². The molecular weight excluding hydrogens is 314 g/mol. The van der Waals surface area contributed by atoms with Crippen molar-refractivity contribution < 1.29 is 9.53 Å². The molecule has 0 saturated heterocycles. The average molecular weight is 336 g/mol. The normalized spacial score (nSPS) is 10.8. The van der Waals surface area contributed by atoms with Gasteiger partial charge in [0.2, 0.25) is 0 Å². The number of benzene rings is 1. The van der Waals surface area contributed by atoms with Crippen molar-refractivity contribution in [2.45, 2.75) is 27.2 Å². The van der Waals surface area contributed by atoms with Crippen LogP contribution < -0.4 is 5.32 Å². The number of amides is 1. The van der Waals surface area contributed by atoms with E-state index in [1.165, 1.54) is 0 Å². The minimum atomic E-state index is -0.0838. The third-order valence-electron chi connectivity index (χ3n) is 3.53. The van der Waals surface area contributed by atoms with Gasteiger partial charge in [-0.3, -0.25) is 4.79 Å². The zero-order valence-corrected chi connectivity index (χ0v) is 14.5. The lowest BCUT2D eigenvalue weighted by atomic mass is 10.2. The molecule has 0 aliphatic rings. The summed E-state index contributed by atoms with van der Waals surface area (Å²) in [5.74, 6) is -0.0838. The van der Waals surface area contributed by atoms with E-state index in [9.17, 15) is 4.79 Å². The Morgan fingerprint density at radius 2 is 2.00 bits per heavy atom. The number of nitrogens with zero attached hydrogens (tertiary/aromatic N) is 2. The van der Waals surface area contributed by atoms with E-state index >= 15 is 0 Å². The van der Waals surface area contributed by atoms with Gasteiger partial charge in [0.1, 0.15) is 0 Å². The van der Waals surface area contributed by atoms with Gasteiger partial charge in [-0.25, -0.2) is 4.68 Å². The van der Waals surface area contributed by atoms with E-state index in [2.05, 4.69) is 10.4 Å². The molecule has 1 amide bonds. The summed E-state index contributed by atoms with van der Waals surface area (Å²) in [6.07, 6.45) is 0.807. The quantitative estimate of drug-likeness (QED) is 0.790. The van der Waals surface area contributed by atoms with Gasteiger partial charge in [-0.05, 0) is 51.5 Å². The number of halogens is 1. The summed E-state index contributed by atoms with van der Waals surface area (Å²) in [4.78, 5) is 12.1. The van der Waals surface area contributed by atoms with Gasteiger partial charge in [0.25, 0.3) is 5.91 Å². The first-order valence-corrected chi connectivity index (χ1v) is 8.10. The van der Waals surface area contributed by atoms with Crippen LogP contribution in [0.2, 0.25) is 5.02 Å². The first-order valence-electron chi connectivity index (χ1n) is 7.72. The Kier molecular flexibility index (Phi) is 6.19. The Bertz CT molecular complexity index is 665. The number of rotatable bonds is 7. The minimum Gasteiger partial charge on any atom is -0.382 e. The van der Waals surface area contributed by atoms with Crippen LogP contribution in [0.1, 0.15) is 35.1 Å². The topological polar surface area (TPSA) is 56.1 Å². The number of carbonyl (C=O) groups is 1. The van der Waals surface area contributed by atoms with Crippen molar-refractivity contribution >= 4 is 17.5 Å². The molecule has 0 bridgehead atoms. The maximum Gasteiger partial charge on any atom is 0.251 e. The third kappa shape index (κ3) is 4.33. The van der Waals surface area contributed by atoms with Crippen LogP contribution in [-0.4, -0.2) is 35.4 Å². The number of aryl methyl sites for hydroxylation is 1. The monoisotopic (exact) mass is 335 g/mol. The van der Waals surface area contributed by atoms with E-state index in [0.29, 0.717) is 30.3 Å². The number of hydrogen-bond acceptors (Lipinski definition) is 3. The van der Waals surface area contributed by atoms with Gasteiger partial charge in [-0.2, -0.15) is 5.10 Å². The van der Waals surface area contributed by atoms with Crippen molar-refractivity contribution in [1.29, 1.82) is 0 Å². The highest BCUT2D eigenvalue weighted by atomic mass is 35.5. The summed E-state index contributed by atoms with van der Waals surface area (Å²) < 4.78 is 7.02. The fourth-order valence-electron chi connectivity index (χ4n) is 2.25. The maximum atomic E-state index is 12.1. The Hall–Kier alpha value is -1.85. The van der Waals surface area contributed by atoms with E-state index < -0.39 is 0 Å². The smallest absolute Gasteiger partial charge is 0.251 e. The average Bonchev–Trinajstić information content (AvgIpc) is 2.82. The summed E-state index contributed by atoms with van der Waals surface area (Å²) in [5.41, 5.74) is 3.18. The fourth-order valence-corrected chi connectivity index (χ4v) is 2.37. The summed E-state index contributed by atoms with van der Waals surface area (Å²) in [7, 11) is 0. The van der Waals surface area contributed by atoms with Gasteiger partial charge < -0.3 is 10.1 Å².